The number of esters is 1. The highest BCUT2D eigenvalue weighted by Gasteiger charge is 2.14. The zero-order valence-corrected chi connectivity index (χ0v) is 12.8. The number of nitrogens with zero attached hydrogens (tertiary/aromatic N) is 2. The number of para-hydroxylation sites is 1. The predicted molar refractivity (Wildman–Crippen MR) is 88.4 cm³/mol. The molecule has 6 nitrogen and oxygen atoms in total. The lowest BCUT2D eigenvalue weighted by Gasteiger charge is -2.00. The number of benzene rings is 1. The van der Waals surface area contributed by atoms with Crippen molar-refractivity contribution >= 4 is 16.9 Å². The lowest BCUT2D eigenvalue weighted by Crippen LogP contribution is -1.98. The standard InChI is InChI=1S/C18H13N3O3/c1-23-18(22)17-7-6-16(24-17)15-10-19-9-14(21-15)13-8-11-4-2-3-5-12(11)20-13/h2-10,20H,1H3. The maximum absolute atomic E-state index is 11.5. The molecule has 0 radical (unpaired) electrons. The molecule has 0 bridgehead atoms. The molecule has 0 atom stereocenters. The molecule has 4 aromatic rings. The number of carbonyl (C=O) groups excluding carboxylic acids is 1. The number of furan rings is 1. The summed E-state index contributed by atoms with van der Waals surface area (Å²) >= 11 is 0. The van der Waals surface area contributed by atoms with Crippen molar-refractivity contribution in [3.8, 4) is 22.8 Å². The molecule has 1 aromatic carbocycles. The van der Waals surface area contributed by atoms with Gasteiger partial charge in [0.25, 0.3) is 0 Å². The van der Waals surface area contributed by atoms with Gasteiger partial charge in [0.05, 0.1) is 25.2 Å². The summed E-state index contributed by atoms with van der Waals surface area (Å²) < 4.78 is 10.1. The third-order valence-electron chi connectivity index (χ3n) is 3.69. The van der Waals surface area contributed by atoms with Gasteiger partial charge in [-0.3, -0.25) is 4.98 Å². The normalized spacial score (nSPS) is 10.9. The van der Waals surface area contributed by atoms with Crippen molar-refractivity contribution in [2.75, 3.05) is 7.11 Å². The maximum atomic E-state index is 11.5. The van der Waals surface area contributed by atoms with Crippen LogP contribution < -0.4 is 0 Å². The summed E-state index contributed by atoms with van der Waals surface area (Å²) in [5.41, 5.74) is 3.14. The van der Waals surface area contributed by atoms with Crippen molar-refractivity contribution in [2.45, 2.75) is 0 Å². The SMILES string of the molecule is COC(=O)c1ccc(-c2cncc(-c3cc4ccccc4[nH]3)n2)o1. The van der Waals surface area contributed by atoms with Gasteiger partial charge >= 0.3 is 5.97 Å². The first-order chi connectivity index (χ1) is 11.7. The number of hydrogen-bond acceptors (Lipinski definition) is 5. The molecule has 3 heterocycles. The first kappa shape index (κ1) is 14.2. The van der Waals surface area contributed by atoms with Crippen LogP contribution in [0, 0.1) is 0 Å². The van der Waals surface area contributed by atoms with E-state index >= 15 is 0 Å². The molecular formula is C18H13N3O3. The van der Waals surface area contributed by atoms with Gasteiger partial charge in [-0.1, -0.05) is 18.2 Å². The Labute approximate surface area is 137 Å². The lowest BCUT2D eigenvalue weighted by molar-refractivity contribution is 0.0566. The topological polar surface area (TPSA) is 81.0 Å². The summed E-state index contributed by atoms with van der Waals surface area (Å²) in [6, 6.07) is 13.2. The predicted octanol–water partition coefficient (Wildman–Crippen LogP) is 3.67. The first-order valence-corrected chi connectivity index (χ1v) is 7.33. The van der Waals surface area contributed by atoms with Crippen LogP contribution in [0.15, 0.2) is 59.3 Å². The van der Waals surface area contributed by atoms with Gasteiger partial charge in [0.1, 0.15) is 11.4 Å². The number of nitrogens with one attached hydrogen (secondary N) is 1. The second-order valence-electron chi connectivity index (χ2n) is 5.22. The van der Waals surface area contributed by atoms with E-state index in [-0.39, 0.29) is 5.76 Å². The van der Waals surface area contributed by atoms with Gasteiger partial charge in [0, 0.05) is 10.9 Å². The van der Waals surface area contributed by atoms with Crippen LogP contribution in [0.25, 0.3) is 33.7 Å². The molecule has 0 aliphatic heterocycles. The molecule has 0 fully saturated rings. The molecule has 6 heteroatoms. The Bertz CT molecular complexity index is 1000. The van der Waals surface area contributed by atoms with E-state index in [0.29, 0.717) is 17.1 Å². The molecule has 0 saturated carbocycles. The molecule has 0 aliphatic carbocycles. The van der Waals surface area contributed by atoms with Crippen molar-refractivity contribution in [3.63, 3.8) is 0 Å². The number of ether oxygens (including phenoxy) is 1. The highest BCUT2D eigenvalue weighted by molar-refractivity contribution is 5.87. The van der Waals surface area contributed by atoms with Gasteiger partial charge in [0.2, 0.25) is 5.76 Å². The summed E-state index contributed by atoms with van der Waals surface area (Å²) in [6.45, 7) is 0. The van der Waals surface area contributed by atoms with Gasteiger partial charge in [-0.15, -0.1) is 0 Å². The first-order valence-electron chi connectivity index (χ1n) is 7.33. The number of aromatic nitrogens is 3. The van der Waals surface area contributed by atoms with E-state index in [2.05, 4.69) is 19.7 Å². The fraction of sp³-hybridized carbons (Fsp3) is 0.0556. The summed E-state index contributed by atoms with van der Waals surface area (Å²) in [5, 5.41) is 1.10. The van der Waals surface area contributed by atoms with E-state index in [9.17, 15) is 4.79 Å². The molecule has 3 aromatic heterocycles. The third kappa shape index (κ3) is 2.44. The third-order valence-corrected chi connectivity index (χ3v) is 3.69. The maximum Gasteiger partial charge on any atom is 0.373 e. The number of aromatic amines is 1. The number of carbonyl (C=O) groups is 1. The Morgan fingerprint density at radius 3 is 2.79 bits per heavy atom. The summed E-state index contributed by atoms with van der Waals surface area (Å²) in [7, 11) is 1.31. The molecule has 118 valence electrons. The van der Waals surface area contributed by atoms with Crippen LogP contribution in [-0.2, 0) is 4.74 Å². The van der Waals surface area contributed by atoms with Gasteiger partial charge in [-0.2, -0.15) is 0 Å². The van der Waals surface area contributed by atoms with E-state index in [1.54, 1.807) is 24.5 Å². The van der Waals surface area contributed by atoms with Crippen LogP contribution in [0.1, 0.15) is 10.6 Å². The number of rotatable bonds is 3. The molecule has 0 unspecified atom stereocenters. The average Bonchev–Trinajstić information content (AvgIpc) is 3.28. The van der Waals surface area contributed by atoms with Crippen molar-refractivity contribution in [2.24, 2.45) is 0 Å². The smallest absolute Gasteiger partial charge is 0.373 e. The minimum absolute atomic E-state index is 0.130. The number of hydrogen-bond donors (Lipinski definition) is 1. The van der Waals surface area contributed by atoms with Gasteiger partial charge < -0.3 is 14.1 Å². The monoisotopic (exact) mass is 319 g/mol. The van der Waals surface area contributed by atoms with Crippen molar-refractivity contribution in [3.05, 3.63) is 60.6 Å². The van der Waals surface area contributed by atoms with E-state index in [4.69, 9.17) is 4.42 Å². The molecule has 4 rings (SSSR count). The molecule has 0 amide bonds. The Balaban J connectivity index is 1.73. The summed E-state index contributed by atoms with van der Waals surface area (Å²) in [5.74, 6) is 0.0622. The van der Waals surface area contributed by atoms with Gasteiger partial charge in [-0.05, 0) is 24.3 Å². The van der Waals surface area contributed by atoms with Crippen molar-refractivity contribution < 1.29 is 13.9 Å². The lowest BCUT2D eigenvalue weighted by atomic mass is 10.2. The molecular weight excluding hydrogens is 306 g/mol. The quantitative estimate of drug-likeness (QED) is 0.583. The van der Waals surface area contributed by atoms with Gasteiger partial charge in [0.15, 0.2) is 5.76 Å². The number of methoxy groups -OCH3 is 1. The van der Waals surface area contributed by atoms with Crippen LogP contribution in [0.4, 0.5) is 0 Å². The zero-order valence-electron chi connectivity index (χ0n) is 12.8. The van der Waals surface area contributed by atoms with E-state index < -0.39 is 5.97 Å². The molecule has 0 aliphatic rings. The van der Waals surface area contributed by atoms with Gasteiger partial charge in [-0.25, -0.2) is 9.78 Å². The second-order valence-corrected chi connectivity index (χ2v) is 5.22. The minimum Gasteiger partial charge on any atom is -0.463 e. The number of H-pyrrole nitrogens is 1. The van der Waals surface area contributed by atoms with Crippen LogP contribution >= 0.6 is 0 Å². The van der Waals surface area contributed by atoms with Crippen LogP contribution in [0.3, 0.4) is 0 Å². The number of fused-ring (bicyclic) bond motifs is 1. The second kappa shape index (κ2) is 5.66. The Morgan fingerprint density at radius 1 is 1.12 bits per heavy atom. The fourth-order valence-corrected chi connectivity index (χ4v) is 2.51. The highest BCUT2D eigenvalue weighted by atomic mass is 16.5. The Morgan fingerprint density at radius 2 is 1.96 bits per heavy atom. The Kier molecular flexibility index (Phi) is 3.35. The van der Waals surface area contributed by atoms with Crippen LogP contribution in [-0.4, -0.2) is 28.0 Å². The Hall–Kier alpha value is -3.41. The zero-order chi connectivity index (χ0) is 16.5. The molecule has 24 heavy (non-hydrogen) atoms. The average molecular weight is 319 g/mol. The molecule has 0 saturated heterocycles. The highest BCUT2D eigenvalue weighted by Crippen LogP contribution is 2.25. The van der Waals surface area contributed by atoms with Crippen molar-refractivity contribution in [1.82, 2.24) is 15.0 Å². The summed E-state index contributed by atoms with van der Waals surface area (Å²) in [6.07, 6.45) is 3.27. The molecule has 1 N–H and O–H groups in total. The fourth-order valence-electron chi connectivity index (χ4n) is 2.51. The minimum atomic E-state index is -0.527. The van der Waals surface area contributed by atoms with Crippen LogP contribution in [0.5, 0.6) is 0 Å². The van der Waals surface area contributed by atoms with E-state index in [1.165, 1.54) is 7.11 Å². The van der Waals surface area contributed by atoms with E-state index in [0.717, 1.165) is 16.6 Å². The summed E-state index contributed by atoms with van der Waals surface area (Å²) in [4.78, 5) is 23.6. The molecule has 0 spiro atoms. The van der Waals surface area contributed by atoms with Crippen molar-refractivity contribution in [1.29, 1.82) is 0 Å². The largest absolute Gasteiger partial charge is 0.463 e. The van der Waals surface area contributed by atoms with Crippen LogP contribution in [0.2, 0.25) is 0 Å². The van der Waals surface area contributed by atoms with E-state index in [1.807, 2.05) is 30.3 Å².